The Morgan fingerprint density at radius 3 is 1.71 bits per heavy atom. The average molecular weight is 600 g/mol. The third-order valence-electron chi connectivity index (χ3n) is 5.78. The van der Waals surface area contributed by atoms with Gasteiger partial charge in [-0.05, 0) is 42.5 Å². The number of alkyl halides is 6. The van der Waals surface area contributed by atoms with Gasteiger partial charge in [0.05, 0.1) is 11.1 Å². The molecule has 0 aliphatic carbocycles. The second kappa shape index (κ2) is 11.7. The van der Waals surface area contributed by atoms with Crippen LogP contribution in [0.25, 0.3) is 0 Å². The molecule has 0 spiro atoms. The Labute approximate surface area is 232 Å². The molecule has 3 aromatic carbocycles. The fraction of sp³-hybridized carbons (Fsp3) is 0.222. The Bertz CT molecular complexity index is 1380. The highest BCUT2D eigenvalue weighted by Crippen LogP contribution is 2.41. The SMILES string of the molecule is O=C(OCC1(COC(=O)Oc2cccc(C(F)(F)F)c2)CSc2ccccc2C1=O)Oc1cccc(C(F)(F)F)c1. The zero-order valence-corrected chi connectivity index (χ0v) is 21.4. The number of hydrogen-bond donors (Lipinski definition) is 0. The number of benzene rings is 3. The number of Topliss-reactive ketones (excluding diaryl/α,β-unsaturated/α-hetero) is 1. The summed E-state index contributed by atoms with van der Waals surface area (Å²) in [5.74, 6) is -1.56. The van der Waals surface area contributed by atoms with Crippen molar-refractivity contribution in [2.45, 2.75) is 17.2 Å². The molecule has 1 aliphatic heterocycles. The number of carbonyl (C=O) groups is 3. The van der Waals surface area contributed by atoms with Crippen molar-refractivity contribution in [1.82, 2.24) is 0 Å². The van der Waals surface area contributed by atoms with Gasteiger partial charge in [-0.2, -0.15) is 26.3 Å². The summed E-state index contributed by atoms with van der Waals surface area (Å²) in [6.07, 6.45) is -12.2. The van der Waals surface area contributed by atoms with Crippen molar-refractivity contribution in [2.24, 2.45) is 5.41 Å². The molecule has 0 amide bonds. The van der Waals surface area contributed by atoms with Crippen LogP contribution in [0.2, 0.25) is 0 Å². The minimum atomic E-state index is -4.69. The molecule has 0 unspecified atom stereocenters. The largest absolute Gasteiger partial charge is 0.513 e. The van der Waals surface area contributed by atoms with Gasteiger partial charge in [-0.1, -0.05) is 30.3 Å². The quantitative estimate of drug-likeness (QED) is 0.164. The Kier molecular flexibility index (Phi) is 8.52. The van der Waals surface area contributed by atoms with Crippen molar-refractivity contribution in [3.8, 4) is 11.5 Å². The lowest BCUT2D eigenvalue weighted by Crippen LogP contribution is -2.46. The molecular weight excluding hydrogens is 582 g/mol. The molecule has 0 aromatic heterocycles. The standard InChI is InChI=1S/C27H18F6O7S/c28-26(29,30)16-5-3-7-18(11-16)39-23(35)37-13-25(15-41-21-10-2-1-9-20(21)22(25)34)14-38-24(36)40-19-8-4-6-17(12-19)27(31,32)33/h1-12H,13-15H2. The number of rotatable bonds is 6. The molecule has 4 rings (SSSR count). The topological polar surface area (TPSA) is 88.1 Å². The summed E-state index contributed by atoms with van der Waals surface area (Å²) in [5, 5.41) is 0. The first-order valence-electron chi connectivity index (χ1n) is 11.6. The zero-order chi connectivity index (χ0) is 29.8. The first kappa shape index (κ1) is 29.8. The minimum absolute atomic E-state index is 0.0590. The van der Waals surface area contributed by atoms with Crippen molar-refractivity contribution >= 4 is 29.9 Å². The summed E-state index contributed by atoms with van der Waals surface area (Å²) in [6, 6.07) is 13.4. The van der Waals surface area contributed by atoms with Crippen LogP contribution in [0, 0.1) is 5.41 Å². The van der Waals surface area contributed by atoms with Crippen molar-refractivity contribution in [2.75, 3.05) is 19.0 Å². The van der Waals surface area contributed by atoms with E-state index in [2.05, 4.69) is 0 Å². The van der Waals surface area contributed by atoms with E-state index < -0.39 is 71.7 Å². The summed E-state index contributed by atoms with van der Waals surface area (Å²) in [4.78, 5) is 38.7. The molecule has 0 atom stereocenters. The van der Waals surface area contributed by atoms with Gasteiger partial charge >= 0.3 is 24.7 Å². The van der Waals surface area contributed by atoms with E-state index >= 15 is 0 Å². The van der Waals surface area contributed by atoms with Crippen molar-refractivity contribution in [3.05, 3.63) is 89.5 Å². The Morgan fingerprint density at radius 1 is 0.732 bits per heavy atom. The first-order valence-corrected chi connectivity index (χ1v) is 12.6. The molecule has 3 aromatic rings. The van der Waals surface area contributed by atoms with Crippen LogP contribution in [0.5, 0.6) is 11.5 Å². The van der Waals surface area contributed by atoms with Gasteiger partial charge < -0.3 is 18.9 Å². The van der Waals surface area contributed by atoms with Crippen LogP contribution >= 0.6 is 11.8 Å². The number of ketones is 1. The first-order chi connectivity index (χ1) is 19.3. The highest BCUT2D eigenvalue weighted by Gasteiger charge is 2.46. The van der Waals surface area contributed by atoms with Gasteiger partial charge in [-0.25, -0.2) is 9.59 Å². The molecule has 0 N–H and O–H groups in total. The highest BCUT2D eigenvalue weighted by molar-refractivity contribution is 7.99. The third-order valence-corrected chi connectivity index (χ3v) is 7.14. The fourth-order valence-electron chi connectivity index (χ4n) is 3.72. The van der Waals surface area contributed by atoms with E-state index in [1.54, 1.807) is 18.2 Å². The van der Waals surface area contributed by atoms with E-state index in [0.29, 0.717) is 17.0 Å². The minimum Gasteiger partial charge on any atom is -0.433 e. The summed E-state index contributed by atoms with van der Waals surface area (Å²) in [6.45, 7) is -1.41. The summed E-state index contributed by atoms with van der Waals surface area (Å²) >= 11 is 1.18. The zero-order valence-electron chi connectivity index (χ0n) is 20.6. The number of hydrogen-bond acceptors (Lipinski definition) is 8. The molecule has 7 nitrogen and oxygen atoms in total. The Hall–Kier alpha value is -4.20. The number of fused-ring (bicyclic) bond motifs is 1. The molecule has 0 fully saturated rings. The summed E-state index contributed by atoms with van der Waals surface area (Å²) < 4.78 is 97.5. The lowest BCUT2D eigenvalue weighted by Gasteiger charge is -2.34. The van der Waals surface area contributed by atoms with Crippen molar-refractivity contribution in [3.63, 3.8) is 0 Å². The molecular formula is C27H18F6O7S. The molecule has 216 valence electrons. The Morgan fingerprint density at radius 2 is 1.22 bits per heavy atom. The molecule has 1 heterocycles. The summed E-state index contributed by atoms with van der Waals surface area (Å²) in [7, 11) is 0. The van der Waals surface area contributed by atoms with E-state index in [4.69, 9.17) is 18.9 Å². The number of carbonyl (C=O) groups excluding carboxylic acids is 3. The molecule has 14 heteroatoms. The van der Waals surface area contributed by atoms with Crippen molar-refractivity contribution < 1.29 is 59.7 Å². The third kappa shape index (κ3) is 7.31. The smallest absolute Gasteiger partial charge is 0.433 e. The van der Waals surface area contributed by atoms with Crippen LogP contribution < -0.4 is 9.47 Å². The van der Waals surface area contributed by atoms with Crippen LogP contribution in [0.1, 0.15) is 21.5 Å². The molecule has 0 radical (unpaired) electrons. The number of halogens is 6. The average Bonchev–Trinajstić information content (AvgIpc) is 2.92. The van der Waals surface area contributed by atoms with E-state index in [1.807, 2.05) is 0 Å². The molecule has 0 saturated carbocycles. The van der Waals surface area contributed by atoms with Crippen molar-refractivity contribution in [1.29, 1.82) is 0 Å². The van der Waals surface area contributed by atoms with Crippen LogP contribution in [-0.4, -0.2) is 37.1 Å². The molecule has 1 aliphatic rings. The van der Waals surface area contributed by atoms with Gasteiger partial charge in [0.15, 0.2) is 5.78 Å². The maximum atomic E-state index is 13.5. The lowest BCUT2D eigenvalue weighted by molar-refractivity contribution is -0.138. The van der Waals surface area contributed by atoms with Gasteiger partial charge in [0.1, 0.15) is 30.1 Å². The summed E-state index contributed by atoms with van der Waals surface area (Å²) in [5.41, 5.74) is -3.59. The second-order valence-corrected chi connectivity index (χ2v) is 9.74. The van der Waals surface area contributed by atoms with Crippen LogP contribution in [0.3, 0.4) is 0 Å². The molecule has 0 bridgehead atoms. The van der Waals surface area contributed by atoms with Gasteiger partial charge in [-0.15, -0.1) is 11.8 Å². The molecule has 0 saturated heterocycles. The Balaban J connectivity index is 1.47. The number of thioether (sulfide) groups is 1. The number of ether oxygens (including phenoxy) is 4. The van der Waals surface area contributed by atoms with Gasteiger partial charge in [0.25, 0.3) is 0 Å². The second-order valence-electron chi connectivity index (χ2n) is 8.73. The predicted molar refractivity (Wildman–Crippen MR) is 131 cm³/mol. The maximum Gasteiger partial charge on any atom is 0.513 e. The van der Waals surface area contributed by atoms with E-state index in [1.165, 1.54) is 17.8 Å². The molecule has 41 heavy (non-hydrogen) atoms. The van der Waals surface area contributed by atoms with Crippen LogP contribution in [-0.2, 0) is 21.8 Å². The highest BCUT2D eigenvalue weighted by atomic mass is 32.2. The van der Waals surface area contributed by atoms with Crippen LogP contribution in [0.15, 0.2) is 77.7 Å². The van der Waals surface area contributed by atoms with E-state index in [9.17, 15) is 40.7 Å². The van der Waals surface area contributed by atoms with Gasteiger partial charge in [0.2, 0.25) is 0 Å². The van der Waals surface area contributed by atoms with Gasteiger partial charge in [-0.3, -0.25) is 4.79 Å². The fourth-order valence-corrected chi connectivity index (χ4v) is 4.94. The van der Waals surface area contributed by atoms with Crippen LogP contribution in [0.4, 0.5) is 35.9 Å². The predicted octanol–water partition coefficient (Wildman–Crippen LogP) is 7.43. The lowest BCUT2D eigenvalue weighted by atomic mass is 9.83. The normalized spacial score (nSPS) is 14.5. The van der Waals surface area contributed by atoms with Gasteiger partial charge in [0, 0.05) is 16.2 Å². The van der Waals surface area contributed by atoms with E-state index in [-0.39, 0.29) is 11.3 Å². The monoisotopic (exact) mass is 600 g/mol. The maximum absolute atomic E-state index is 13.5. The van der Waals surface area contributed by atoms with E-state index in [0.717, 1.165) is 36.4 Å².